The Morgan fingerprint density at radius 2 is 2.20 bits per heavy atom. The maximum Gasteiger partial charge on any atom is 0.191 e. The molecule has 4 nitrogen and oxygen atoms in total. The highest BCUT2D eigenvalue weighted by Gasteiger charge is 2.27. The zero-order valence-corrected chi connectivity index (χ0v) is 12.9. The fourth-order valence-corrected chi connectivity index (χ4v) is 4.30. The van der Waals surface area contributed by atoms with Crippen LogP contribution in [0.15, 0.2) is 35.5 Å². The lowest BCUT2D eigenvalue weighted by Crippen LogP contribution is -2.13. The van der Waals surface area contributed by atoms with E-state index in [0.29, 0.717) is 10.5 Å². The summed E-state index contributed by atoms with van der Waals surface area (Å²) in [6.07, 6.45) is 0. The Kier molecular flexibility index (Phi) is 4.33. The summed E-state index contributed by atoms with van der Waals surface area (Å²) in [7, 11) is 0. The third kappa shape index (κ3) is 2.87. The molecule has 2 unspecified atom stereocenters. The molecule has 1 aromatic carbocycles. The van der Waals surface area contributed by atoms with Crippen LogP contribution in [0.25, 0.3) is 11.4 Å². The van der Waals surface area contributed by atoms with E-state index >= 15 is 0 Å². The van der Waals surface area contributed by atoms with E-state index in [4.69, 9.17) is 5.11 Å². The molecule has 2 aromatic rings. The number of benzene rings is 1. The van der Waals surface area contributed by atoms with Crippen molar-refractivity contribution in [3.05, 3.63) is 30.3 Å². The average molecular weight is 307 g/mol. The van der Waals surface area contributed by atoms with Gasteiger partial charge in [-0.05, 0) is 0 Å². The number of rotatable bonds is 5. The first kappa shape index (κ1) is 14.0. The van der Waals surface area contributed by atoms with E-state index in [1.54, 1.807) is 11.8 Å². The number of fused-ring (bicyclic) bond motifs is 1. The summed E-state index contributed by atoms with van der Waals surface area (Å²) >= 11 is 3.61. The van der Waals surface area contributed by atoms with E-state index in [1.807, 2.05) is 30.0 Å². The highest BCUT2D eigenvalue weighted by molar-refractivity contribution is 8.03. The molecular weight excluding hydrogens is 290 g/mol. The van der Waals surface area contributed by atoms with Crippen molar-refractivity contribution >= 4 is 23.5 Å². The number of aromatic nitrogens is 3. The summed E-state index contributed by atoms with van der Waals surface area (Å²) < 4.78 is 2.20. The van der Waals surface area contributed by atoms with E-state index < -0.39 is 0 Å². The van der Waals surface area contributed by atoms with Gasteiger partial charge in [-0.3, -0.25) is 0 Å². The van der Waals surface area contributed by atoms with Crippen LogP contribution in [0, 0.1) is 0 Å². The second-order valence-electron chi connectivity index (χ2n) is 4.85. The highest BCUT2D eigenvalue weighted by atomic mass is 32.2. The molecule has 0 saturated carbocycles. The quantitative estimate of drug-likeness (QED) is 0.920. The van der Waals surface area contributed by atoms with Crippen LogP contribution in [0.5, 0.6) is 0 Å². The Hall–Kier alpha value is -0.980. The normalized spacial score (nSPS) is 19.0. The van der Waals surface area contributed by atoms with Crippen LogP contribution < -0.4 is 0 Å². The zero-order chi connectivity index (χ0) is 13.9. The van der Waals surface area contributed by atoms with Crippen molar-refractivity contribution < 1.29 is 5.11 Å². The number of hydrogen-bond donors (Lipinski definition) is 1. The van der Waals surface area contributed by atoms with Gasteiger partial charge in [0.2, 0.25) is 0 Å². The van der Waals surface area contributed by atoms with E-state index in [9.17, 15) is 0 Å². The summed E-state index contributed by atoms with van der Waals surface area (Å²) in [5, 5.41) is 19.5. The lowest BCUT2D eigenvalue weighted by Gasteiger charge is -2.11. The molecule has 20 heavy (non-hydrogen) atoms. The van der Waals surface area contributed by atoms with E-state index in [1.165, 1.54) is 0 Å². The Bertz CT molecular complexity index is 573. The van der Waals surface area contributed by atoms with Crippen molar-refractivity contribution in [1.29, 1.82) is 0 Å². The zero-order valence-electron chi connectivity index (χ0n) is 11.3. The van der Waals surface area contributed by atoms with Crippen LogP contribution in [0.4, 0.5) is 0 Å². The molecule has 0 spiro atoms. The van der Waals surface area contributed by atoms with E-state index in [2.05, 4.69) is 33.8 Å². The van der Waals surface area contributed by atoms with Crippen molar-refractivity contribution in [1.82, 2.24) is 14.8 Å². The average Bonchev–Trinajstić information content (AvgIpc) is 3.05. The maximum atomic E-state index is 9.08. The Labute approximate surface area is 127 Å². The molecule has 3 rings (SSSR count). The maximum absolute atomic E-state index is 9.08. The second-order valence-corrected chi connectivity index (χ2v) is 7.59. The molecule has 0 radical (unpaired) electrons. The number of hydrogen-bond acceptors (Lipinski definition) is 5. The molecule has 0 saturated heterocycles. The predicted octanol–water partition coefficient (Wildman–Crippen LogP) is 2.53. The number of aliphatic hydroxyl groups excluding tert-OH is 1. The van der Waals surface area contributed by atoms with Crippen LogP contribution >= 0.6 is 23.5 Å². The number of aliphatic hydroxyl groups is 1. The third-order valence-electron chi connectivity index (χ3n) is 3.23. The molecule has 1 aliphatic heterocycles. The Balaban J connectivity index is 1.70. The second kappa shape index (κ2) is 6.20. The van der Waals surface area contributed by atoms with E-state index in [0.717, 1.165) is 28.8 Å². The predicted molar refractivity (Wildman–Crippen MR) is 84.1 cm³/mol. The van der Waals surface area contributed by atoms with Crippen LogP contribution in [-0.4, -0.2) is 42.7 Å². The van der Waals surface area contributed by atoms with Gasteiger partial charge in [0, 0.05) is 28.4 Å². The fourth-order valence-electron chi connectivity index (χ4n) is 2.14. The molecule has 0 aliphatic carbocycles. The van der Waals surface area contributed by atoms with Crippen molar-refractivity contribution in [3.63, 3.8) is 0 Å². The van der Waals surface area contributed by atoms with Gasteiger partial charge in [-0.2, -0.15) is 11.8 Å². The molecule has 1 aromatic heterocycles. The molecule has 0 fully saturated rings. The lowest BCUT2D eigenvalue weighted by atomic mass is 10.2. The van der Waals surface area contributed by atoms with E-state index in [-0.39, 0.29) is 6.61 Å². The topological polar surface area (TPSA) is 50.9 Å². The minimum Gasteiger partial charge on any atom is -0.395 e. The Morgan fingerprint density at radius 1 is 1.40 bits per heavy atom. The van der Waals surface area contributed by atoms with Crippen LogP contribution in [0.3, 0.4) is 0 Å². The first-order chi connectivity index (χ1) is 9.78. The number of thioether (sulfide) groups is 2. The summed E-state index contributed by atoms with van der Waals surface area (Å²) in [6, 6.07) is 10.2. The van der Waals surface area contributed by atoms with Crippen molar-refractivity contribution in [2.75, 3.05) is 12.4 Å². The monoisotopic (exact) mass is 307 g/mol. The first-order valence-electron chi connectivity index (χ1n) is 6.65. The fraction of sp³-hybridized carbons (Fsp3) is 0.429. The number of nitrogens with zero attached hydrogens (tertiary/aromatic N) is 3. The molecule has 1 aliphatic rings. The smallest absolute Gasteiger partial charge is 0.191 e. The van der Waals surface area contributed by atoms with Gasteiger partial charge in [0.15, 0.2) is 11.0 Å². The van der Waals surface area contributed by atoms with Crippen molar-refractivity contribution in [3.8, 4) is 11.4 Å². The SMILES string of the molecule is CC(CO)SCC1Cn2c(nnc2-c2ccccc2)S1. The standard InChI is InChI=1S/C14H17N3OS2/c1-10(8-18)19-9-12-7-17-13(15-16-14(17)20-12)11-5-3-2-4-6-11/h2-6,10,12,18H,7-9H2,1H3. The van der Waals surface area contributed by atoms with Gasteiger partial charge in [-0.25, -0.2) is 0 Å². The van der Waals surface area contributed by atoms with Gasteiger partial charge in [-0.15, -0.1) is 10.2 Å². The van der Waals surface area contributed by atoms with Crippen LogP contribution in [0.2, 0.25) is 0 Å². The van der Waals surface area contributed by atoms with Gasteiger partial charge in [0.05, 0.1) is 6.61 Å². The third-order valence-corrected chi connectivity index (χ3v) is 5.92. The molecule has 0 amide bonds. The Morgan fingerprint density at radius 3 is 2.95 bits per heavy atom. The molecule has 2 atom stereocenters. The lowest BCUT2D eigenvalue weighted by molar-refractivity contribution is 0.300. The van der Waals surface area contributed by atoms with Crippen molar-refractivity contribution in [2.24, 2.45) is 0 Å². The molecular formula is C14H17N3OS2. The van der Waals surface area contributed by atoms with Gasteiger partial charge in [-0.1, -0.05) is 49.0 Å². The van der Waals surface area contributed by atoms with Crippen LogP contribution in [-0.2, 0) is 6.54 Å². The molecule has 1 N–H and O–H groups in total. The highest BCUT2D eigenvalue weighted by Crippen LogP contribution is 2.36. The van der Waals surface area contributed by atoms with Gasteiger partial charge in [0.1, 0.15) is 0 Å². The molecule has 2 heterocycles. The van der Waals surface area contributed by atoms with Gasteiger partial charge < -0.3 is 9.67 Å². The summed E-state index contributed by atoms with van der Waals surface area (Å²) in [5.41, 5.74) is 1.11. The first-order valence-corrected chi connectivity index (χ1v) is 8.58. The van der Waals surface area contributed by atoms with Gasteiger partial charge >= 0.3 is 0 Å². The minimum atomic E-state index is 0.240. The van der Waals surface area contributed by atoms with Crippen molar-refractivity contribution in [2.45, 2.75) is 29.1 Å². The summed E-state index contributed by atoms with van der Waals surface area (Å²) in [5.74, 6) is 1.99. The van der Waals surface area contributed by atoms with Crippen LogP contribution in [0.1, 0.15) is 6.92 Å². The molecule has 0 bridgehead atoms. The molecule has 6 heteroatoms. The largest absolute Gasteiger partial charge is 0.395 e. The summed E-state index contributed by atoms with van der Waals surface area (Å²) in [6.45, 7) is 3.24. The minimum absolute atomic E-state index is 0.240. The summed E-state index contributed by atoms with van der Waals surface area (Å²) in [4.78, 5) is 0. The molecule has 106 valence electrons. The van der Waals surface area contributed by atoms with Gasteiger partial charge in [0.25, 0.3) is 0 Å².